The van der Waals surface area contributed by atoms with Gasteiger partial charge in [0.25, 0.3) is 0 Å². The van der Waals surface area contributed by atoms with Gasteiger partial charge in [0.05, 0.1) is 6.54 Å². The quantitative estimate of drug-likeness (QED) is 0.673. The Kier molecular flexibility index (Phi) is 4.58. The van der Waals surface area contributed by atoms with Crippen LogP contribution in [0.25, 0.3) is 0 Å². The summed E-state index contributed by atoms with van der Waals surface area (Å²) in [5, 5.41) is 3.65. The standard InChI is InChI=1S/C14H16ClN3O/c1-10-5-3-4-6-12(10)19-8-7-16-14-11(2)13(15)17-9-18-14/h3-6,9H,7-8H2,1-2H3,(H,16,17,18). The molecule has 0 aliphatic heterocycles. The van der Waals surface area contributed by atoms with Gasteiger partial charge in [-0.2, -0.15) is 0 Å². The molecule has 1 N–H and O–H groups in total. The number of halogens is 1. The Balaban J connectivity index is 1.84. The highest BCUT2D eigenvalue weighted by Gasteiger charge is 2.04. The number of aryl methyl sites for hydroxylation is 1. The molecule has 0 amide bonds. The third-order valence-corrected chi connectivity index (χ3v) is 3.15. The number of rotatable bonds is 5. The summed E-state index contributed by atoms with van der Waals surface area (Å²) in [5.41, 5.74) is 1.98. The van der Waals surface area contributed by atoms with Gasteiger partial charge >= 0.3 is 0 Å². The molecule has 19 heavy (non-hydrogen) atoms. The van der Waals surface area contributed by atoms with Crippen LogP contribution in [0.4, 0.5) is 5.82 Å². The molecule has 0 saturated carbocycles. The van der Waals surface area contributed by atoms with Crippen molar-refractivity contribution in [1.82, 2.24) is 9.97 Å². The number of anilines is 1. The van der Waals surface area contributed by atoms with Crippen molar-refractivity contribution in [2.75, 3.05) is 18.5 Å². The van der Waals surface area contributed by atoms with Crippen LogP contribution in [0.1, 0.15) is 11.1 Å². The summed E-state index contributed by atoms with van der Waals surface area (Å²) < 4.78 is 5.69. The lowest BCUT2D eigenvalue weighted by Crippen LogP contribution is -2.13. The van der Waals surface area contributed by atoms with Gasteiger partial charge in [-0.05, 0) is 25.5 Å². The Labute approximate surface area is 117 Å². The van der Waals surface area contributed by atoms with Gasteiger partial charge < -0.3 is 10.1 Å². The van der Waals surface area contributed by atoms with E-state index in [2.05, 4.69) is 15.3 Å². The van der Waals surface area contributed by atoms with Crippen LogP contribution in [-0.2, 0) is 0 Å². The van der Waals surface area contributed by atoms with E-state index in [9.17, 15) is 0 Å². The Morgan fingerprint density at radius 2 is 2.00 bits per heavy atom. The van der Waals surface area contributed by atoms with Crippen molar-refractivity contribution >= 4 is 17.4 Å². The van der Waals surface area contributed by atoms with Crippen LogP contribution in [-0.4, -0.2) is 23.1 Å². The predicted octanol–water partition coefficient (Wildman–Crippen LogP) is 3.24. The molecular weight excluding hydrogens is 262 g/mol. The summed E-state index contributed by atoms with van der Waals surface area (Å²) >= 11 is 5.92. The molecule has 0 bridgehead atoms. The van der Waals surface area contributed by atoms with Crippen LogP contribution >= 0.6 is 11.6 Å². The first kappa shape index (κ1) is 13.6. The van der Waals surface area contributed by atoms with E-state index in [4.69, 9.17) is 16.3 Å². The second kappa shape index (κ2) is 6.38. The zero-order chi connectivity index (χ0) is 13.7. The minimum absolute atomic E-state index is 0.470. The molecule has 0 unspecified atom stereocenters. The Morgan fingerprint density at radius 3 is 2.79 bits per heavy atom. The normalized spacial score (nSPS) is 10.3. The molecule has 0 aliphatic rings. The number of nitrogens with zero attached hydrogens (tertiary/aromatic N) is 2. The van der Waals surface area contributed by atoms with Gasteiger partial charge in [0.1, 0.15) is 29.7 Å². The largest absolute Gasteiger partial charge is 0.491 e. The molecule has 5 heteroatoms. The SMILES string of the molecule is Cc1ccccc1OCCNc1ncnc(Cl)c1C. The number of benzene rings is 1. The van der Waals surface area contributed by atoms with Gasteiger partial charge in [0, 0.05) is 5.56 Å². The van der Waals surface area contributed by atoms with Crippen molar-refractivity contribution in [1.29, 1.82) is 0 Å². The predicted molar refractivity (Wildman–Crippen MR) is 76.9 cm³/mol. The molecule has 0 spiro atoms. The highest BCUT2D eigenvalue weighted by Crippen LogP contribution is 2.18. The van der Waals surface area contributed by atoms with Gasteiger partial charge in [0.15, 0.2) is 0 Å². The van der Waals surface area contributed by atoms with Crippen molar-refractivity contribution in [2.45, 2.75) is 13.8 Å². The van der Waals surface area contributed by atoms with Gasteiger partial charge in [0.2, 0.25) is 0 Å². The summed E-state index contributed by atoms with van der Waals surface area (Å²) in [6.07, 6.45) is 1.44. The van der Waals surface area contributed by atoms with Crippen molar-refractivity contribution in [3.8, 4) is 5.75 Å². The maximum Gasteiger partial charge on any atom is 0.137 e. The maximum absolute atomic E-state index is 5.92. The van der Waals surface area contributed by atoms with Crippen molar-refractivity contribution < 1.29 is 4.74 Å². The molecule has 100 valence electrons. The first-order valence-corrected chi connectivity index (χ1v) is 6.45. The van der Waals surface area contributed by atoms with Crippen LogP contribution in [0, 0.1) is 13.8 Å². The van der Waals surface area contributed by atoms with E-state index < -0.39 is 0 Å². The molecule has 2 rings (SSSR count). The molecule has 0 aliphatic carbocycles. The summed E-state index contributed by atoms with van der Waals surface area (Å²) in [4.78, 5) is 8.05. The second-order valence-electron chi connectivity index (χ2n) is 4.18. The number of hydrogen-bond acceptors (Lipinski definition) is 4. The van der Waals surface area contributed by atoms with Gasteiger partial charge in [-0.1, -0.05) is 29.8 Å². The first-order chi connectivity index (χ1) is 9.18. The molecule has 0 fully saturated rings. The number of nitrogens with one attached hydrogen (secondary N) is 1. The average Bonchev–Trinajstić information content (AvgIpc) is 2.41. The molecule has 2 aromatic rings. The summed E-state index contributed by atoms with van der Waals surface area (Å²) in [5.74, 6) is 1.65. The smallest absolute Gasteiger partial charge is 0.137 e. The van der Waals surface area contributed by atoms with Gasteiger partial charge in [-0.3, -0.25) is 0 Å². The molecule has 4 nitrogen and oxygen atoms in total. The molecule has 0 saturated heterocycles. The average molecular weight is 278 g/mol. The number of hydrogen-bond donors (Lipinski definition) is 1. The van der Waals surface area contributed by atoms with Crippen molar-refractivity contribution in [3.63, 3.8) is 0 Å². The highest BCUT2D eigenvalue weighted by molar-refractivity contribution is 6.30. The van der Waals surface area contributed by atoms with Crippen LogP contribution in [0.15, 0.2) is 30.6 Å². The second-order valence-corrected chi connectivity index (χ2v) is 4.54. The van der Waals surface area contributed by atoms with E-state index in [1.807, 2.05) is 38.1 Å². The van der Waals surface area contributed by atoms with Crippen LogP contribution in [0.5, 0.6) is 5.75 Å². The monoisotopic (exact) mass is 277 g/mol. The zero-order valence-corrected chi connectivity index (χ0v) is 11.7. The number of para-hydroxylation sites is 1. The van der Waals surface area contributed by atoms with Crippen molar-refractivity contribution in [3.05, 3.63) is 46.9 Å². The lowest BCUT2D eigenvalue weighted by Gasteiger charge is -2.11. The lowest BCUT2D eigenvalue weighted by molar-refractivity contribution is 0.330. The minimum Gasteiger partial charge on any atom is -0.491 e. The molecule has 0 radical (unpaired) electrons. The molecule has 1 aromatic carbocycles. The number of aromatic nitrogens is 2. The van der Waals surface area contributed by atoms with E-state index in [1.165, 1.54) is 6.33 Å². The third-order valence-electron chi connectivity index (χ3n) is 2.77. The lowest BCUT2D eigenvalue weighted by atomic mass is 10.2. The Bertz CT molecular complexity index is 560. The number of ether oxygens (including phenoxy) is 1. The highest BCUT2D eigenvalue weighted by atomic mass is 35.5. The molecule has 1 aromatic heterocycles. The zero-order valence-electron chi connectivity index (χ0n) is 11.0. The third kappa shape index (κ3) is 3.58. The molecule has 0 atom stereocenters. The van der Waals surface area contributed by atoms with E-state index in [0.29, 0.717) is 18.3 Å². The van der Waals surface area contributed by atoms with E-state index >= 15 is 0 Å². The molecular formula is C14H16ClN3O. The van der Waals surface area contributed by atoms with Gasteiger partial charge in [-0.15, -0.1) is 0 Å². The summed E-state index contributed by atoms with van der Waals surface area (Å²) in [7, 11) is 0. The van der Waals surface area contributed by atoms with E-state index in [-0.39, 0.29) is 0 Å². The maximum atomic E-state index is 5.92. The van der Waals surface area contributed by atoms with Crippen molar-refractivity contribution in [2.24, 2.45) is 0 Å². The van der Waals surface area contributed by atoms with Crippen LogP contribution in [0.2, 0.25) is 5.15 Å². The van der Waals surface area contributed by atoms with Crippen LogP contribution in [0.3, 0.4) is 0 Å². The Hall–Kier alpha value is -1.81. The van der Waals surface area contributed by atoms with E-state index in [1.54, 1.807) is 0 Å². The Morgan fingerprint density at radius 1 is 1.21 bits per heavy atom. The van der Waals surface area contributed by atoms with Crippen LogP contribution < -0.4 is 10.1 Å². The minimum atomic E-state index is 0.470. The molecule has 1 heterocycles. The fraction of sp³-hybridized carbons (Fsp3) is 0.286. The summed E-state index contributed by atoms with van der Waals surface area (Å²) in [6.45, 7) is 5.12. The first-order valence-electron chi connectivity index (χ1n) is 6.08. The van der Waals surface area contributed by atoms with E-state index in [0.717, 1.165) is 22.7 Å². The fourth-order valence-corrected chi connectivity index (χ4v) is 1.79. The topological polar surface area (TPSA) is 47.0 Å². The summed E-state index contributed by atoms with van der Waals surface area (Å²) in [6, 6.07) is 7.94. The fourth-order valence-electron chi connectivity index (χ4n) is 1.66. The van der Waals surface area contributed by atoms with Gasteiger partial charge in [-0.25, -0.2) is 9.97 Å².